The summed E-state index contributed by atoms with van der Waals surface area (Å²) in [6.45, 7) is 4.02. The Morgan fingerprint density at radius 1 is 1.04 bits per heavy atom. The minimum atomic E-state index is -0.308. The second-order valence-electron chi connectivity index (χ2n) is 5.34. The first kappa shape index (κ1) is 15.3. The lowest BCUT2D eigenvalue weighted by Gasteiger charge is -2.05. The van der Waals surface area contributed by atoms with Crippen molar-refractivity contribution in [2.24, 2.45) is 0 Å². The third-order valence-corrected chi connectivity index (χ3v) is 3.89. The zero-order valence-corrected chi connectivity index (χ0v) is 13.5. The maximum atomic E-state index is 12.3. The van der Waals surface area contributed by atoms with E-state index in [9.17, 15) is 4.79 Å². The summed E-state index contributed by atoms with van der Waals surface area (Å²) in [4.78, 5) is 12.3. The van der Waals surface area contributed by atoms with E-state index < -0.39 is 0 Å². The second kappa shape index (κ2) is 6.26. The van der Waals surface area contributed by atoms with E-state index in [-0.39, 0.29) is 11.6 Å². The maximum absolute atomic E-state index is 12.3. The van der Waals surface area contributed by atoms with Crippen molar-refractivity contribution >= 4 is 23.2 Å². The Labute approximate surface area is 139 Å². The number of hydrogen-bond acceptors (Lipinski definition) is 3. The van der Waals surface area contributed by atoms with Crippen LogP contribution in [0.4, 0.5) is 5.69 Å². The summed E-state index contributed by atoms with van der Waals surface area (Å²) in [6, 6.07) is 14.5. The van der Waals surface area contributed by atoms with E-state index in [4.69, 9.17) is 16.1 Å². The van der Waals surface area contributed by atoms with Crippen LogP contribution >= 0.6 is 11.6 Å². The molecule has 2 aromatic carbocycles. The lowest BCUT2D eigenvalue weighted by molar-refractivity contribution is 0.101. The van der Waals surface area contributed by atoms with Crippen molar-refractivity contribution in [3.63, 3.8) is 0 Å². The molecule has 0 saturated carbocycles. The summed E-state index contributed by atoms with van der Waals surface area (Å²) >= 11 is 5.86. The van der Waals surface area contributed by atoms with Gasteiger partial charge >= 0.3 is 0 Å². The third-order valence-electron chi connectivity index (χ3n) is 3.64. The van der Waals surface area contributed by atoms with Gasteiger partial charge in [0, 0.05) is 22.3 Å². The molecule has 0 saturated heterocycles. The van der Waals surface area contributed by atoms with Crippen molar-refractivity contribution in [3.05, 3.63) is 70.4 Å². The highest BCUT2D eigenvalue weighted by Gasteiger charge is 2.14. The fraction of sp³-hybridized carbons (Fsp3) is 0.111. The molecular formula is C18H15ClN2O2. The highest BCUT2D eigenvalue weighted by Crippen LogP contribution is 2.23. The van der Waals surface area contributed by atoms with Crippen molar-refractivity contribution in [1.82, 2.24) is 5.16 Å². The number of nitrogens with one attached hydrogen (secondary N) is 1. The summed E-state index contributed by atoms with van der Waals surface area (Å²) in [6.07, 6.45) is 0. The number of benzene rings is 2. The van der Waals surface area contributed by atoms with Crippen molar-refractivity contribution in [2.45, 2.75) is 13.8 Å². The van der Waals surface area contributed by atoms with E-state index >= 15 is 0 Å². The molecule has 5 heteroatoms. The summed E-state index contributed by atoms with van der Waals surface area (Å²) in [7, 11) is 0. The Balaban J connectivity index is 1.78. The molecule has 0 unspecified atom stereocenters. The third kappa shape index (κ3) is 3.43. The Hall–Kier alpha value is -2.59. The molecule has 1 amide bonds. The molecule has 4 nitrogen and oxygen atoms in total. The van der Waals surface area contributed by atoms with E-state index in [1.807, 2.05) is 44.2 Å². The molecule has 0 fully saturated rings. The number of rotatable bonds is 3. The van der Waals surface area contributed by atoms with Crippen LogP contribution < -0.4 is 5.32 Å². The molecule has 0 aliphatic carbocycles. The minimum Gasteiger partial charge on any atom is -0.355 e. The molecule has 0 spiro atoms. The number of aromatic nitrogens is 1. The topological polar surface area (TPSA) is 55.1 Å². The molecule has 1 aromatic heterocycles. The first-order chi connectivity index (χ1) is 11.0. The predicted octanol–water partition coefficient (Wildman–Crippen LogP) is 4.86. The van der Waals surface area contributed by atoms with Gasteiger partial charge in [-0.2, -0.15) is 0 Å². The van der Waals surface area contributed by atoms with Crippen molar-refractivity contribution in [2.75, 3.05) is 5.32 Å². The zero-order chi connectivity index (χ0) is 16.4. The molecular weight excluding hydrogens is 312 g/mol. The molecule has 3 aromatic rings. The highest BCUT2D eigenvalue weighted by molar-refractivity contribution is 6.30. The number of aryl methyl sites for hydroxylation is 2. The van der Waals surface area contributed by atoms with E-state index in [0.29, 0.717) is 10.8 Å². The van der Waals surface area contributed by atoms with Gasteiger partial charge < -0.3 is 9.84 Å². The standard InChI is InChI=1S/C18H15ClN2O2/c1-11-3-8-15(9-12(11)2)20-18(22)16-10-17(23-21-16)13-4-6-14(19)7-5-13/h3-10H,1-2H3,(H,20,22). The van der Waals surface area contributed by atoms with Crippen LogP contribution in [0.3, 0.4) is 0 Å². The predicted molar refractivity (Wildman–Crippen MR) is 90.8 cm³/mol. The van der Waals surface area contributed by atoms with E-state index in [0.717, 1.165) is 16.8 Å². The molecule has 0 bridgehead atoms. The molecule has 1 heterocycles. The fourth-order valence-corrected chi connectivity index (χ4v) is 2.27. The smallest absolute Gasteiger partial charge is 0.277 e. The average Bonchev–Trinajstić information content (AvgIpc) is 3.02. The summed E-state index contributed by atoms with van der Waals surface area (Å²) in [5.74, 6) is 0.212. The molecule has 1 N–H and O–H groups in total. The number of hydrogen-bond donors (Lipinski definition) is 1. The van der Waals surface area contributed by atoms with Gasteiger partial charge in [0.15, 0.2) is 11.5 Å². The Kier molecular flexibility index (Phi) is 4.17. The molecule has 0 aliphatic heterocycles. The number of carbonyl (C=O) groups excluding carboxylic acids is 1. The van der Waals surface area contributed by atoms with Crippen LogP contribution in [0.15, 0.2) is 53.1 Å². The SMILES string of the molecule is Cc1ccc(NC(=O)c2cc(-c3ccc(Cl)cc3)on2)cc1C. The van der Waals surface area contributed by atoms with Gasteiger partial charge in [0.1, 0.15) is 0 Å². The summed E-state index contributed by atoms with van der Waals surface area (Å²) in [5.41, 5.74) is 4.06. The van der Waals surface area contributed by atoms with Crippen molar-refractivity contribution in [1.29, 1.82) is 0 Å². The van der Waals surface area contributed by atoms with Gasteiger partial charge in [-0.15, -0.1) is 0 Å². The normalized spacial score (nSPS) is 10.6. The van der Waals surface area contributed by atoms with Gasteiger partial charge in [-0.1, -0.05) is 22.8 Å². The minimum absolute atomic E-state index is 0.230. The van der Waals surface area contributed by atoms with E-state index in [2.05, 4.69) is 10.5 Å². The molecule has 3 rings (SSSR count). The van der Waals surface area contributed by atoms with Gasteiger partial charge in [-0.3, -0.25) is 4.79 Å². The molecule has 0 radical (unpaired) electrons. The maximum Gasteiger partial charge on any atom is 0.277 e. The van der Waals surface area contributed by atoms with Crippen LogP contribution in [0, 0.1) is 13.8 Å². The molecule has 23 heavy (non-hydrogen) atoms. The monoisotopic (exact) mass is 326 g/mol. The van der Waals surface area contributed by atoms with E-state index in [1.165, 1.54) is 5.56 Å². The van der Waals surface area contributed by atoms with Crippen molar-refractivity contribution < 1.29 is 9.32 Å². The Morgan fingerprint density at radius 2 is 1.78 bits per heavy atom. The van der Waals surface area contributed by atoms with Crippen LogP contribution in [0.5, 0.6) is 0 Å². The van der Waals surface area contributed by atoms with Crippen LogP contribution in [0.1, 0.15) is 21.6 Å². The molecule has 116 valence electrons. The first-order valence-corrected chi connectivity index (χ1v) is 7.52. The van der Waals surface area contributed by atoms with Crippen LogP contribution in [0.2, 0.25) is 5.02 Å². The van der Waals surface area contributed by atoms with Gasteiger partial charge in [-0.25, -0.2) is 0 Å². The lowest BCUT2D eigenvalue weighted by atomic mass is 10.1. The Bertz CT molecular complexity index is 854. The van der Waals surface area contributed by atoms with Gasteiger partial charge in [0.05, 0.1) is 0 Å². The number of nitrogens with zero attached hydrogens (tertiary/aromatic N) is 1. The van der Waals surface area contributed by atoms with Crippen LogP contribution in [-0.2, 0) is 0 Å². The summed E-state index contributed by atoms with van der Waals surface area (Å²) in [5, 5.41) is 7.29. The average molecular weight is 327 g/mol. The largest absolute Gasteiger partial charge is 0.355 e. The molecule has 0 atom stereocenters. The van der Waals surface area contributed by atoms with Gasteiger partial charge in [0.2, 0.25) is 0 Å². The second-order valence-corrected chi connectivity index (χ2v) is 5.77. The first-order valence-electron chi connectivity index (χ1n) is 7.14. The van der Waals surface area contributed by atoms with Gasteiger partial charge in [-0.05, 0) is 61.4 Å². The number of halogens is 1. The van der Waals surface area contributed by atoms with Crippen LogP contribution in [-0.4, -0.2) is 11.1 Å². The summed E-state index contributed by atoms with van der Waals surface area (Å²) < 4.78 is 5.24. The number of anilines is 1. The fourth-order valence-electron chi connectivity index (χ4n) is 2.15. The highest BCUT2D eigenvalue weighted by atomic mass is 35.5. The number of carbonyl (C=O) groups is 1. The van der Waals surface area contributed by atoms with Crippen molar-refractivity contribution in [3.8, 4) is 11.3 Å². The van der Waals surface area contributed by atoms with Gasteiger partial charge in [0.25, 0.3) is 5.91 Å². The van der Waals surface area contributed by atoms with E-state index in [1.54, 1.807) is 18.2 Å². The Morgan fingerprint density at radius 3 is 2.48 bits per heavy atom. The number of amides is 1. The zero-order valence-electron chi connectivity index (χ0n) is 12.8. The van der Waals surface area contributed by atoms with Crippen LogP contribution in [0.25, 0.3) is 11.3 Å². The quantitative estimate of drug-likeness (QED) is 0.747. The lowest BCUT2D eigenvalue weighted by Crippen LogP contribution is -2.12. The molecule has 0 aliphatic rings.